The number of anilines is 2. The molecule has 0 bridgehead atoms. The third kappa shape index (κ3) is 5.81. The zero-order valence-electron chi connectivity index (χ0n) is 11.0. The largest absolute Gasteiger partial charge is 0.366 e. The molecule has 0 fully saturated rings. The molecule has 7 heteroatoms. The van der Waals surface area contributed by atoms with Crippen molar-refractivity contribution in [1.29, 1.82) is 0 Å². The standard InChI is InChI=1S/C11H20N4O2S/c1-4-6-12-11-13-7-5-10(15-11)14-9(2)8-18(3,16)17/h5,7,9H,4,6,8H2,1-3H3,(H2,12,13,14,15). The van der Waals surface area contributed by atoms with Crippen LogP contribution in [0.2, 0.25) is 0 Å². The molecule has 0 aliphatic heterocycles. The Labute approximate surface area is 108 Å². The summed E-state index contributed by atoms with van der Waals surface area (Å²) in [6.07, 6.45) is 3.85. The van der Waals surface area contributed by atoms with E-state index in [1.807, 2.05) is 6.92 Å². The molecule has 0 aliphatic rings. The molecule has 18 heavy (non-hydrogen) atoms. The summed E-state index contributed by atoms with van der Waals surface area (Å²) in [5.41, 5.74) is 0. The van der Waals surface area contributed by atoms with Gasteiger partial charge in [-0.2, -0.15) is 4.98 Å². The van der Waals surface area contributed by atoms with Crippen molar-refractivity contribution in [2.45, 2.75) is 26.3 Å². The maximum Gasteiger partial charge on any atom is 0.224 e. The molecule has 1 aromatic rings. The van der Waals surface area contributed by atoms with Gasteiger partial charge in [-0.05, 0) is 19.4 Å². The molecular formula is C11H20N4O2S. The van der Waals surface area contributed by atoms with E-state index in [9.17, 15) is 8.42 Å². The van der Waals surface area contributed by atoms with Crippen LogP contribution in [-0.4, -0.2) is 43.0 Å². The van der Waals surface area contributed by atoms with Crippen LogP contribution < -0.4 is 10.6 Å². The summed E-state index contributed by atoms with van der Waals surface area (Å²) in [5, 5.41) is 6.12. The van der Waals surface area contributed by atoms with Gasteiger partial charge < -0.3 is 10.6 Å². The van der Waals surface area contributed by atoms with Gasteiger partial charge in [0.25, 0.3) is 0 Å². The second-order valence-electron chi connectivity index (χ2n) is 4.33. The number of sulfone groups is 1. The fourth-order valence-electron chi connectivity index (χ4n) is 1.51. The Morgan fingerprint density at radius 3 is 2.78 bits per heavy atom. The van der Waals surface area contributed by atoms with Gasteiger partial charge in [0.2, 0.25) is 5.95 Å². The number of hydrogen-bond donors (Lipinski definition) is 2. The topological polar surface area (TPSA) is 84.0 Å². The quantitative estimate of drug-likeness (QED) is 0.774. The van der Waals surface area contributed by atoms with E-state index >= 15 is 0 Å². The highest BCUT2D eigenvalue weighted by molar-refractivity contribution is 7.90. The number of nitrogens with one attached hydrogen (secondary N) is 2. The molecule has 0 amide bonds. The van der Waals surface area contributed by atoms with Crippen molar-refractivity contribution in [3.05, 3.63) is 12.3 Å². The molecule has 1 atom stereocenters. The molecule has 1 aromatic heterocycles. The molecule has 102 valence electrons. The van der Waals surface area contributed by atoms with Gasteiger partial charge in [-0.15, -0.1) is 0 Å². The summed E-state index contributed by atoms with van der Waals surface area (Å²) >= 11 is 0. The number of hydrogen-bond acceptors (Lipinski definition) is 6. The Kier molecular flexibility index (Phi) is 5.33. The Morgan fingerprint density at radius 2 is 2.17 bits per heavy atom. The third-order valence-electron chi connectivity index (χ3n) is 2.14. The lowest BCUT2D eigenvalue weighted by molar-refractivity contribution is 0.598. The van der Waals surface area contributed by atoms with Crippen molar-refractivity contribution in [1.82, 2.24) is 9.97 Å². The first-order valence-electron chi connectivity index (χ1n) is 5.92. The van der Waals surface area contributed by atoms with E-state index in [1.54, 1.807) is 12.3 Å². The average Bonchev–Trinajstić information content (AvgIpc) is 2.24. The lowest BCUT2D eigenvalue weighted by Gasteiger charge is -2.13. The Morgan fingerprint density at radius 1 is 1.44 bits per heavy atom. The third-order valence-corrected chi connectivity index (χ3v) is 3.24. The lowest BCUT2D eigenvalue weighted by Crippen LogP contribution is -2.25. The summed E-state index contributed by atoms with van der Waals surface area (Å²) in [4.78, 5) is 8.33. The molecule has 1 rings (SSSR count). The molecule has 0 aliphatic carbocycles. The van der Waals surface area contributed by atoms with Gasteiger partial charge in [0, 0.05) is 25.0 Å². The SMILES string of the molecule is CCCNc1nccc(NC(C)CS(C)(=O)=O)n1. The first-order valence-corrected chi connectivity index (χ1v) is 7.98. The van der Waals surface area contributed by atoms with Gasteiger partial charge in [0.1, 0.15) is 15.7 Å². The van der Waals surface area contributed by atoms with Crippen LogP contribution in [0.4, 0.5) is 11.8 Å². The van der Waals surface area contributed by atoms with E-state index < -0.39 is 9.84 Å². The van der Waals surface area contributed by atoms with Crippen LogP contribution in [0, 0.1) is 0 Å². The second-order valence-corrected chi connectivity index (χ2v) is 6.51. The fraction of sp³-hybridized carbons (Fsp3) is 0.636. The molecule has 0 saturated carbocycles. The normalized spacial score (nSPS) is 13.1. The smallest absolute Gasteiger partial charge is 0.224 e. The van der Waals surface area contributed by atoms with E-state index in [4.69, 9.17) is 0 Å². The number of nitrogens with zero attached hydrogens (tertiary/aromatic N) is 2. The van der Waals surface area contributed by atoms with Gasteiger partial charge in [0.15, 0.2) is 0 Å². The van der Waals surface area contributed by atoms with Crippen molar-refractivity contribution in [3.8, 4) is 0 Å². The van der Waals surface area contributed by atoms with Gasteiger partial charge >= 0.3 is 0 Å². The second kappa shape index (κ2) is 6.53. The molecule has 0 radical (unpaired) electrons. The van der Waals surface area contributed by atoms with Crippen LogP contribution in [0.15, 0.2) is 12.3 Å². The monoisotopic (exact) mass is 272 g/mol. The maximum atomic E-state index is 11.2. The van der Waals surface area contributed by atoms with Gasteiger partial charge in [-0.25, -0.2) is 13.4 Å². The zero-order chi connectivity index (χ0) is 13.6. The van der Waals surface area contributed by atoms with Gasteiger partial charge in [-0.1, -0.05) is 6.92 Å². The highest BCUT2D eigenvalue weighted by Crippen LogP contribution is 2.08. The molecule has 0 aromatic carbocycles. The number of aromatic nitrogens is 2. The molecule has 0 saturated heterocycles. The van der Waals surface area contributed by atoms with Gasteiger partial charge in [0.05, 0.1) is 5.75 Å². The van der Waals surface area contributed by atoms with E-state index in [0.717, 1.165) is 13.0 Å². The van der Waals surface area contributed by atoms with Crippen molar-refractivity contribution < 1.29 is 8.42 Å². The molecule has 1 heterocycles. The Hall–Kier alpha value is -1.37. The first-order chi connectivity index (χ1) is 8.40. The van der Waals surface area contributed by atoms with Crippen LogP contribution in [0.3, 0.4) is 0 Å². The van der Waals surface area contributed by atoms with Crippen LogP contribution in [-0.2, 0) is 9.84 Å². The predicted molar refractivity (Wildman–Crippen MR) is 73.6 cm³/mol. The molecule has 2 N–H and O–H groups in total. The number of rotatable bonds is 7. The maximum absolute atomic E-state index is 11.2. The fourth-order valence-corrected chi connectivity index (χ4v) is 2.50. The van der Waals surface area contributed by atoms with Crippen LogP contribution in [0.1, 0.15) is 20.3 Å². The molecule has 0 spiro atoms. The molecule has 1 unspecified atom stereocenters. The summed E-state index contributed by atoms with van der Waals surface area (Å²) in [6.45, 7) is 4.67. The van der Waals surface area contributed by atoms with E-state index in [1.165, 1.54) is 6.26 Å². The summed E-state index contributed by atoms with van der Waals surface area (Å²) in [6, 6.07) is 1.53. The van der Waals surface area contributed by atoms with E-state index in [-0.39, 0.29) is 11.8 Å². The van der Waals surface area contributed by atoms with Crippen LogP contribution in [0.5, 0.6) is 0 Å². The minimum atomic E-state index is -2.99. The minimum Gasteiger partial charge on any atom is -0.366 e. The molecule has 6 nitrogen and oxygen atoms in total. The highest BCUT2D eigenvalue weighted by Gasteiger charge is 2.10. The van der Waals surface area contributed by atoms with Crippen molar-refractivity contribution in [2.75, 3.05) is 29.2 Å². The predicted octanol–water partition coefficient (Wildman–Crippen LogP) is 1.14. The zero-order valence-corrected chi connectivity index (χ0v) is 11.8. The summed E-state index contributed by atoms with van der Waals surface area (Å²) in [5.74, 6) is 1.25. The summed E-state index contributed by atoms with van der Waals surface area (Å²) in [7, 11) is -2.99. The minimum absolute atomic E-state index is 0.0781. The van der Waals surface area contributed by atoms with E-state index in [0.29, 0.717) is 11.8 Å². The van der Waals surface area contributed by atoms with Crippen LogP contribution >= 0.6 is 0 Å². The Balaban J connectivity index is 2.61. The van der Waals surface area contributed by atoms with Crippen molar-refractivity contribution in [3.63, 3.8) is 0 Å². The lowest BCUT2D eigenvalue weighted by atomic mass is 10.4. The first kappa shape index (κ1) is 14.7. The molecular weight excluding hydrogens is 252 g/mol. The Bertz CT molecular complexity index is 476. The van der Waals surface area contributed by atoms with Crippen molar-refractivity contribution in [2.24, 2.45) is 0 Å². The van der Waals surface area contributed by atoms with Crippen molar-refractivity contribution >= 4 is 21.6 Å². The summed E-state index contributed by atoms with van der Waals surface area (Å²) < 4.78 is 22.3. The van der Waals surface area contributed by atoms with Gasteiger partial charge in [-0.3, -0.25) is 0 Å². The average molecular weight is 272 g/mol. The van der Waals surface area contributed by atoms with Crippen LogP contribution in [0.25, 0.3) is 0 Å². The van der Waals surface area contributed by atoms with E-state index in [2.05, 4.69) is 27.5 Å². The highest BCUT2D eigenvalue weighted by atomic mass is 32.2.